The maximum atomic E-state index is 11.7. The SMILES string of the molecule is CN1C(=O)NC(=CC2C=Nc3ccccc32)C1=O. The molecule has 2 aliphatic rings. The fourth-order valence-corrected chi connectivity index (χ4v) is 2.08. The Bertz CT molecular complexity index is 604. The van der Waals surface area contributed by atoms with Crippen molar-refractivity contribution < 1.29 is 9.59 Å². The van der Waals surface area contributed by atoms with E-state index in [1.807, 2.05) is 24.3 Å². The van der Waals surface area contributed by atoms with Gasteiger partial charge in [0.1, 0.15) is 5.70 Å². The minimum Gasteiger partial charge on any atom is -0.303 e. The molecule has 0 aliphatic carbocycles. The van der Waals surface area contributed by atoms with E-state index in [-0.39, 0.29) is 11.8 Å². The predicted octanol–water partition coefficient (Wildman–Crippen LogP) is 1.55. The molecule has 1 fully saturated rings. The summed E-state index contributed by atoms with van der Waals surface area (Å²) in [4.78, 5) is 28.4. The number of hydrogen-bond donors (Lipinski definition) is 1. The van der Waals surface area contributed by atoms with E-state index in [1.54, 1.807) is 12.3 Å². The summed E-state index contributed by atoms with van der Waals surface area (Å²) in [5.41, 5.74) is 2.27. The van der Waals surface area contributed by atoms with Gasteiger partial charge in [0.05, 0.1) is 5.69 Å². The van der Waals surface area contributed by atoms with Gasteiger partial charge in [0, 0.05) is 19.2 Å². The minimum atomic E-state index is -0.394. The molecule has 1 aromatic rings. The third-order valence-electron chi connectivity index (χ3n) is 3.10. The van der Waals surface area contributed by atoms with E-state index in [1.165, 1.54) is 7.05 Å². The monoisotopic (exact) mass is 241 g/mol. The number of fused-ring (bicyclic) bond motifs is 1. The zero-order valence-corrected chi connectivity index (χ0v) is 9.75. The first-order valence-electron chi connectivity index (χ1n) is 5.61. The number of urea groups is 1. The molecule has 18 heavy (non-hydrogen) atoms. The zero-order chi connectivity index (χ0) is 12.7. The first-order valence-corrected chi connectivity index (χ1v) is 5.61. The molecule has 2 aliphatic heterocycles. The van der Waals surface area contributed by atoms with Gasteiger partial charge >= 0.3 is 6.03 Å². The minimum absolute atomic E-state index is 0.0630. The molecule has 5 nitrogen and oxygen atoms in total. The topological polar surface area (TPSA) is 61.8 Å². The number of aliphatic imine (C=N–C) groups is 1. The Morgan fingerprint density at radius 2 is 2.11 bits per heavy atom. The van der Waals surface area contributed by atoms with Gasteiger partial charge in [-0.15, -0.1) is 0 Å². The molecule has 90 valence electrons. The number of carbonyl (C=O) groups excluding carboxylic acids is 2. The van der Waals surface area contributed by atoms with Crippen LogP contribution in [0.5, 0.6) is 0 Å². The van der Waals surface area contributed by atoms with Crippen molar-refractivity contribution in [2.45, 2.75) is 5.92 Å². The number of para-hydroxylation sites is 1. The summed E-state index contributed by atoms with van der Waals surface area (Å²) >= 11 is 0. The number of allylic oxidation sites excluding steroid dienone is 1. The van der Waals surface area contributed by atoms with Gasteiger partial charge < -0.3 is 5.32 Å². The normalized spacial score (nSPS) is 23.7. The molecule has 0 aromatic heterocycles. The van der Waals surface area contributed by atoms with Gasteiger partial charge in [0.15, 0.2) is 0 Å². The highest BCUT2D eigenvalue weighted by molar-refractivity contribution is 6.11. The third kappa shape index (κ3) is 1.52. The number of imide groups is 1. The second kappa shape index (κ2) is 3.80. The molecule has 0 saturated carbocycles. The highest BCUT2D eigenvalue weighted by Gasteiger charge is 2.31. The predicted molar refractivity (Wildman–Crippen MR) is 66.7 cm³/mol. The molecule has 2 heterocycles. The van der Waals surface area contributed by atoms with Crippen LogP contribution >= 0.6 is 0 Å². The van der Waals surface area contributed by atoms with Gasteiger partial charge in [-0.2, -0.15) is 0 Å². The number of likely N-dealkylation sites (N-methyl/N-ethyl adjacent to an activating group) is 1. The molecule has 5 heteroatoms. The lowest BCUT2D eigenvalue weighted by atomic mass is 10.00. The van der Waals surface area contributed by atoms with E-state index >= 15 is 0 Å². The summed E-state index contributed by atoms with van der Waals surface area (Å²) in [7, 11) is 1.45. The van der Waals surface area contributed by atoms with E-state index < -0.39 is 6.03 Å². The maximum absolute atomic E-state index is 11.7. The molecule has 3 amide bonds. The molecular weight excluding hydrogens is 230 g/mol. The van der Waals surface area contributed by atoms with Gasteiger partial charge in [-0.1, -0.05) is 18.2 Å². The van der Waals surface area contributed by atoms with Crippen molar-refractivity contribution in [3.63, 3.8) is 0 Å². The summed E-state index contributed by atoms with van der Waals surface area (Å²) in [6.45, 7) is 0. The zero-order valence-electron chi connectivity index (χ0n) is 9.75. The van der Waals surface area contributed by atoms with Gasteiger partial charge in [0.25, 0.3) is 5.91 Å². The van der Waals surface area contributed by atoms with Crippen LogP contribution in [0.15, 0.2) is 41.0 Å². The molecule has 3 rings (SSSR count). The van der Waals surface area contributed by atoms with Crippen LogP contribution in [0, 0.1) is 0 Å². The van der Waals surface area contributed by atoms with Crippen molar-refractivity contribution >= 4 is 23.8 Å². The highest BCUT2D eigenvalue weighted by atomic mass is 16.2. The number of carbonyl (C=O) groups is 2. The molecule has 0 spiro atoms. The molecule has 1 unspecified atom stereocenters. The van der Waals surface area contributed by atoms with Crippen LogP contribution in [0.3, 0.4) is 0 Å². The number of amides is 3. The molecule has 1 aromatic carbocycles. The molecule has 1 saturated heterocycles. The average Bonchev–Trinajstić information content (AvgIpc) is 2.89. The quantitative estimate of drug-likeness (QED) is 0.599. The highest BCUT2D eigenvalue weighted by Crippen LogP contribution is 2.33. The third-order valence-corrected chi connectivity index (χ3v) is 3.10. The fraction of sp³-hybridized carbons (Fsp3) is 0.154. The van der Waals surface area contributed by atoms with Crippen molar-refractivity contribution in [2.75, 3.05) is 7.05 Å². The summed E-state index contributed by atoms with van der Waals surface area (Å²) in [5, 5.41) is 2.55. The van der Waals surface area contributed by atoms with E-state index in [0.717, 1.165) is 16.2 Å². The molecule has 0 radical (unpaired) electrons. The van der Waals surface area contributed by atoms with Gasteiger partial charge in [-0.3, -0.25) is 14.7 Å². The Kier molecular flexibility index (Phi) is 2.26. The van der Waals surface area contributed by atoms with Crippen LogP contribution < -0.4 is 5.32 Å². The van der Waals surface area contributed by atoms with Gasteiger partial charge in [-0.05, 0) is 17.7 Å². The Morgan fingerprint density at radius 3 is 2.83 bits per heavy atom. The Morgan fingerprint density at radius 1 is 1.33 bits per heavy atom. The van der Waals surface area contributed by atoms with Crippen LogP contribution in [0.1, 0.15) is 11.5 Å². The standard InChI is InChI=1S/C13H11N3O2/c1-16-12(17)11(15-13(16)18)6-8-7-14-10-5-3-2-4-9(8)10/h2-8H,1H3,(H,15,18). The maximum Gasteiger partial charge on any atom is 0.328 e. The van der Waals surface area contributed by atoms with E-state index in [0.29, 0.717) is 5.70 Å². The summed E-state index contributed by atoms with van der Waals surface area (Å²) in [5.74, 6) is -0.371. The Hall–Kier alpha value is -2.43. The van der Waals surface area contributed by atoms with Crippen LogP contribution in [-0.2, 0) is 4.79 Å². The van der Waals surface area contributed by atoms with Crippen LogP contribution in [0.2, 0.25) is 0 Å². The Labute approximate surface area is 104 Å². The molecule has 1 N–H and O–H groups in total. The van der Waals surface area contributed by atoms with Crippen molar-refractivity contribution in [2.24, 2.45) is 4.99 Å². The van der Waals surface area contributed by atoms with Crippen molar-refractivity contribution in [3.8, 4) is 0 Å². The van der Waals surface area contributed by atoms with Crippen LogP contribution in [-0.4, -0.2) is 30.1 Å². The smallest absolute Gasteiger partial charge is 0.303 e. The molecular formula is C13H11N3O2. The van der Waals surface area contributed by atoms with Crippen LogP contribution in [0.25, 0.3) is 0 Å². The summed E-state index contributed by atoms with van der Waals surface area (Å²) < 4.78 is 0. The number of benzene rings is 1. The van der Waals surface area contributed by atoms with Crippen molar-refractivity contribution in [3.05, 3.63) is 41.6 Å². The van der Waals surface area contributed by atoms with Crippen molar-refractivity contribution in [1.29, 1.82) is 0 Å². The average molecular weight is 241 g/mol. The van der Waals surface area contributed by atoms with E-state index in [9.17, 15) is 9.59 Å². The van der Waals surface area contributed by atoms with Crippen molar-refractivity contribution in [1.82, 2.24) is 10.2 Å². The first-order chi connectivity index (χ1) is 8.66. The van der Waals surface area contributed by atoms with E-state index in [4.69, 9.17) is 0 Å². The number of hydrogen-bond acceptors (Lipinski definition) is 3. The largest absolute Gasteiger partial charge is 0.328 e. The van der Waals surface area contributed by atoms with Gasteiger partial charge in [-0.25, -0.2) is 4.79 Å². The lowest BCUT2D eigenvalue weighted by molar-refractivity contribution is -0.122. The second-order valence-electron chi connectivity index (χ2n) is 4.24. The number of nitrogens with zero attached hydrogens (tertiary/aromatic N) is 2. The molecule has 0 bridgehead atoms. The van der Waals surface area contributed by atoms with Gasteiger partial charge in [0.2, 0.25) is 0 Å². The number of nitrogens with one attached hydrogen (secondary N) is 1. The second-order valence-corrected chi connectivity index (χ2v) is 4.24. The molecule has 1 atom stereocenters. The van der Waals surface area contributed by atoms with Crippen LogP contribution in [0.4, 0.5) is 10.5 Å². The lowest BCUT2D eigenvalue weighted by Gasteiger charge is -2.04. The first kappa shape index (κ1) is 10.7. The fourth-order valence-electron chi connectivity index (χ4n) is 2.08. The number of rotatable bonds is 1. The Balaban J connectivity index is 1.94. The lowest BCUT2D eigenvalue weighted by Crippen LogP contribution is -2.25. The summed E-state index contributed by atoms with van der Waals surface area (Å²) in [6, 6.07) is 7.34. The van der Waals surface area contributed by atoms with E-state index in [2.05, 4.69) is 10.3 Å². The summed E-state index contributed by atoms with van der Waals surface area (Å²) in [6.07, 6.45) is 3.51.